The van der Waals surface area contributed by atoms with Gasteiger partial charge < -0.3 is 9.84 Å². The van der Waals surface area contributed by atoms with Gasteiger partial charge in [-0.25, -0.2) is 9.59 Å². The molecule has 0 aliphatic rings. The normalized spacial score (nSPS) is 13.9. The molecule has 134 valence electrons. The van der Waals surface area contributed by atoms with Crippen LogP contribution in [0, 0.1) is 0 Å². The molecular formula is C16H20F3NO4. The van der Waals surface area contributed by atoms with Gasteiger partial charge in [-0.3, -0.25) is 4.90 Å². The number of carboxylic acids is 1. The van der Waals surface area contributed by atoms with Crippen LogP contribution in [0.25, 0.3) is 0 Å². The quantitative estimate of drug-likeness (QED) is 0.814. The molecule has 0 aromatic heterocycles. The molecule has 0 saturated heterocycles. The number of likely N-dealkylation sites (N-methyl/N-ethyl adjacent to an activating group) is 1. The van der Waals surface area contributed by atoms with E-state index < -0.39 is 36.6 Å². The second kappa shape index (κ2) is 8.03. The molecule has 0 aliphatic carbocycles. The van der Waals surface area contributed by atoms with Crippen LogP contribution in [-0.4, -0.2) is 40.8 Å². The molecule has 0 fully saturated rings. The summed E-state index contributed by atoms with van der Waals surface area (Å²) < 4.78 is 41.8. The van der Waals surface area contributed by atoms with E-state index in [1.54, 1.807) is 30.3 Å². The number of hydrogen-bond donors (Lipinski definition) is 1. The van der Waals surface area contributed by atoms with E-state index in [4.69, 9.17) is 4.74 Å². The lowest BCUT2D eigenvalue weighted by Crippen LogP contribution is -2.53. The van der Waals surface area contributed by atoms with E-state index in [1.165, 1.54) is 14.0 Å². The first-order valence-electron chi connectivity index (χ1n) is 7.31. The molecule has 0 bridgehead atoms. The fourth-order valence-electron chi connectivity index (χ4n) is 2.07. The molecule has 0 radical (unpaired) electrons. The number of aliphatic carboxylic acids is 1. The van der Waals surface area contributed by atoms with Crippen LogP contribution < -0.4 is 0 Å². The average molecular weight is 347 g/mol. The van der Waals surface area contributed by atoms with E-state index >= 15 is 0 Å². The number of nitrogens with zero attached hydrogens (tertiary/aromatic N) is 1. The Balaban J connectivity index is 2.68. The van der Waals surface area contributed by atoms with Crippen LogP contribution >= 0.6 is 0 Å². The average Bonchev–Trinajstić information content (AvgIpc) is 2.51. The minimum absolute atomic E-state index is 0.0533. The second-order valence-electron chi connectivity index (χ2n) is 5.65. The van der Waals surface area contributed by atoms with Gasteiger partial charge in [0.15, 0.2) is 0 Å². The highest BCUT2D eigenvalue weighted by atomic mass is 19.4. The van der Waals surface area contributed by atoms with E-state index in [2.05, 4.69) is 0 Å². The highest BCUT2D eigenvalue weighted by molar-refractivity contribution is 5.83. The molecule has 1 rings (SSSR count). The number of rotatable bonds is 7. The van der Waals surface area contributed by atoms with Gasteiger partial charge >= 0.3 is 18.2 Å². The van der Waals surface area contributed by atoms with E-state index in [0.29, 0.717) is 5.56 Å². The third-order valence-electron chi connectivity index (χ3n) is 3.80. The zero-order valence-electron chi connectivity index (χ0n) is 13.5. The minimum Gasteiger partial charge on any atom is -0.480 e. The molecule has 1 aromatic rings. The summed E-state index contributed by atoms with van der Waals surface area (Å²) in [6, 6.07) is 8.76. The highest BCUT2D eigenvalue weighted by Crippen LogP contribution is 2.28. The molecule has 24 heavy (non-hydrogen) atoms. The number of halogens is 3. The predicted molar refractivity (Wildman–Crippen MR) is 80.3 cm³/mol. The smallest absolute Gasteiger partial charge is 0.410 e. The molecule has 1 atom stereocenters. The van der Waals surface area contributed by atoms with Crippen LogP contribution in [0.2, 0.25) is 0 Å². The standard InChI is InChI=1S/C16H20F3NO4/c1-15(13(21)22,9-6-10-16(17,18)19)20(2)14(23)24-11-12-7-4-3-5-8-12/h3-5,7-8H,6,9-11H2,1-2H3,(H,21,22). The fraction of sp³-hybridized carbons (Fsp3) is 0.500. The molecule has 0 spiro atoms. The van der Waals surface area contributed by atoms with Gasteiger partial charge in [0.2, 0.25) is 0 Å². The van der Waals surface area contributed by atoms with Gasteiger partial charge in [0, 0.05) is 13.5 Å². The maximum atomic E-state index is 12.2. The predicted octanol–water partition coefficient (Wildman–Crippen LogP) is 3.83. The van der Waals surface area contributed by atoms with Crippen molar-refractivity contribution >= 4 is 12.1 Å². The van der Waals surface area contributed by atoms with Gasteiger partial charge in [-0.15, -0.1) is 0 Å². The van der Waals surface area contributed by atoms with Crippen LogP contribution in [0.15, 0.2) is 30.3 Å². The number of alkyl halides is 3. The van der Waals surface area contributed by atoms with Gasteiger partial charge in [0.25, 0.3) is 0 Å². The number of amides is 1. The Morgan fingerprint density at radius 1 is 1.17 bits per heavy atom. The van der Waals surface area contributed by atoms with Crippen LogP contribution in [-0.2, 0) is 16.1 Å². The van der Waals surface area contributed by atoms with Crippen LogP contribution in [0.1, 0.15) is 31.7 Å². The summed E-state index contributed by atoms with van der Waals surface area (Å²) in [6.45, 7) is 1.15. The van der Waals surface area contributed by atoms with Crippen molar-refractivity contribution in [3.8, 4) is 0 Å². The molecular weight excluding hydrogens is 327 g/mol. The van der Waals surface area contributed by atoms with Crippen molar-refractivity contribution in [3.63, 3.8) is 0 Å². The lowest BCUT2D eigenvalue weighted by atomic mass is 9.93. The van der Waals surface area contributed by atoms with Gasteiger partial charge in [-0.05, 0) is 25.3 Å². The maximum absolute atomic E-state index is 12.2. The summed E-state index contributed by atoms with van der Waals surface area (Å²) >= 11 is 0. The van der Waals surface area contributed by atoms with Gasteiger partial charge in [0.05, 0.1) is 0 Å². The lowest BCUT2D eigenvalue weighted by Gasteiger charge is -2.34. The Morgan fingerprint density at radius 3 is 2.25 bits per heavy atom. The summed E-state index contributed by atoms with van der Waals surface area (Å²) in [5.74, 6) is -1.39. The largest absolute Gasteiger partial charge is 0.480 e. The Labute approximate surface area is 138 Å². The Bertz CT molecular complexity index is 562. The highest BCUT2D eigenvalue weighted by Gasteiger charge is 2.41. The van der Waals surface area contributed by atoms with E-state index in [-0.39, 0.29) is 13.0 Å². The van der Waals surface area contributed by atoms with E-state index in [1.807, 2.05) is 0 Å². The summed E-state index contributed by atoms with van der Waals surface area (Å²) in [7, 11) is 1.20. The van der Waals surface area contributed by atoms with Gasteiger partial charge in [-0.2, -0.15) is 13.2 Å². The number of ether oxygens (including phenoxy) is 1. The third-order valence-corrected chi connectivity index (χ3v) is 3.80. The SMILES string of the molecule is CN(C(=O)OCc1ccccc1)C(C)(CCCC(F)(F)F)C(=O)O. The van der Waals surface area contributed by atoms with Crippen molar-refractivity contribution in [1.29, 1.82) is 0 Å². The van der Waals surface area contributed by atoms with Crippen molar-refractivity contribution in [1.82, 2.24) is 4.90 Å². The van der Waals surface area contributed by atoms with Gasteiger partial charge in [0.1, 0.15) is 12.1 Å². The maximum Gasteiger partial charge on any atom is 0.410 e. The summed E-state index contributed by atoms with van der Waals surface area (Å²) in [5, 5.41) is 9.34. The van der Waals surface area contributed by atoms with Crippen LogP contribution in [0.4, 0.5) is 18.0 Å². The number of carbonyl (C=O) groups is 2. The van der Waals surface area contributed by atoms with Crippen LogP contribution in [0.3, 0.4) is 0 Å². The molecule has 5 nitrogen and oxygen atoms in total. The zero-order chi connectivity index (χ0) is 18.4. The monoisotopic (exact) mass is 347 g/mol. The number of carbonyl (C=O) groups excluding carboxylic acids is 1. The van der Waals surface area contributed by atoms with Crippen molar-refractivity contribution in [3.05, 3.63) is 35.9 Å². The second-order valence-corrected chi connectivity index (χ2v) is 5.65. The summed E-state index contributed by atoms with van der Waals surface area (Å²) in [5.41, 5.74) is -1.06. The molecule has 0 saturated carbocycles. The molecule has 1 amide bonds. The molecule has 1 unspecified atom stereocenters. The molecule has 8 heteroatoms. The molecule has 0 aliphatic heterocycles. The first-order valence-corrected chi connectivity index (χ1v) is 7.31. The zero-order valence-corrected chi connectivity index (χ0v) is 13.5. The summed E-state index contributed by atoms with van der Waals surface area (Å²) in [6.07, 6.45) is -7.12. The Kier molecular flexibility index (Phi) is 6.62. The van der Waals surface area contributed by atoms with Crippen molar-refractivity contribution in [2.75, 3.05) is 7.05 Å². The van der Waals surface area contributed by atoms with E-state index in [9.17, 15) is 27.9 Å². The lowest BCUT2D eigenvalue weighted by molar-refractivity contribution is -0.152. The first-order chi connectivity index (χ1) is 11.1. The first kappa shape index (κ1) is 19.8. The number of hydrogen-bond acceptors (Lipinski definition) is 3. The van der Waals surface area contributed by atoms with E-state index in [0.717, 1.165) is 4.90 Å². The minimum atomic E-state index is -4.37. The van der Waals surface area contributed by atoms with Gasteiger partial charge in [-0.1, -0.05) is 30.3 Å². The molecule has 1 N–H and O–H groups in total. The van der Waals surface area contributed by atoms with Crippen molar-refractivity contribution < 1.29 is 32.6 Å². The van der Waals surface area contributed by atoms with Crippen LogP contribution in [0.5, 0.6) is 0 Å². The Morgan fingerprint density at radius 2 is 1.75 bits per heavy atom. The Hall–Kier alpha value is -2.25. The van der Waals surface area contributed by atoms with Crippen molar-refractivity contribution in [2.45, 2.75) is 44.5 Å². The number of benzene rings is 1. The topological polar surface area (TPSA) is 66.8 Å². The number of carboxylic acid groups (broad SMARTS) is 1. The third kappa shape index (κ3) is 5.75. The molecule has 1 aromatic carbocycles. The fourth-order valence-corrected chi connectivity index (χ4v) is 2.07. The van der Waals surface area contributed by atoms with Crippen molar-refractivity contribution in [2.24, 2.45) is 0 Å². The molecule has 0 heterocycles. The summed E-state index contributed by atoms with van der Waals surface area (Å²) in [4.78, 5) is 24.3.